The first-order chi connectivity index (χ1) is 7.48. The average molecular weight is 223 g/mol. The first kappa shape index (κ1) is 12.1. The molecule has 2 heteroatoms. The molecular weight excluding hydrogens is 198 g/mol. The summed E-state index contributed by atoms with van der Waals surface area (Å²) in [7, 11) is 2.26. The summed E-state index contributed by atoms with van der Waals surface area (Å²) < 4.78 is 5.27. The Kier molecular flexibility index (Phi) is 3.41. The fourth-order valence-corrected chi connectivity index (χ4v) is 2.63. The lowest BCUT2D eigenvalue weighted by Gasteiger charge is -2.41. The predicted octanol–water partition coefficient (Wildman–Crippen LogP) is 2.84. The monoisotopic (exact) mass is 223 g/mol. The Morgan fingerprint density at radius 3 is 2.31 bits per heavy atom. The van der Waals surface area contributed by atoms with Gasteiger partial charge in [0.1, 0.15) is 0 Å². The third kappa shape index (κ3) is 2.49. The van der Waals surface area contributed by atoms with Crippen LogP contribution in [0.2, 0.25) is 0 Å². The summed E-state index contributed by atoms with van der Waals surface area (Å²) in [6, 6.07) is 1.41. The lowest BCUT2D eigenvalue weighted by molar-refractivity contribution is -0.0705. The van der Waals surface area contributed by atoms with E-state index in [1.165, 1.54) is 19.3 Å². The second-order valence-electron chi connectivity index (χ2n) is 6.26. The quantitative estimate of drug-likeness (QED) is 0.667. The second kappa shape index (κ2) is 4.50. The molecule has 2 aliphatic rings. The Morgan fingerprint density at radius 1 is 1.25 bits per heavy atom. The molecule has 0 unspecified atom stereocenters. The minimum atomic E-state index is 0.364. The van der Waals surface area contributed by atoms with Crippen LogP contribution in [0.5, 0.6) is 0 Å². The molecule has 0 radical (unpaired) electrons. The topological polar surface area (TPSA) is 12.5 Å². The lowest BCUT2D eigenvalue weighted by Crippen LogP contribution is -2.51. The average Bonchev–Trinajstić information content (AvgIpc) is 2.14. The van der Waals surface area contributed by atoms with Crippen molar-refractivity contribution >= 4 is 0 Å². The zero-order valence-corrected chi connectivity index (χ0v) is 11.1. The maximum atomic E-state index is 5.27. The standard InChI is InChI=1S/C14H25NO/c1-14(2,3)11-5-7-12(8-6-11)15(4)13-9-16-10-13/h5,12-13H,6-10H2,1-4H3/t12-/m1/s1. The molecule has 0 aromatic carbocycles. The van der Waals surface area contributed by atoms with Gasteiger partial charge in [0.2, 0.25) is 0 Å². The van der Waals surface area contributed by atoms with Gasteiger partial charge in [0.15, 0.2) is 0 Å². The molecule has 1 aliphatic heterocycles. The van der Waals surface area contributed by atoms with Gasteiger partial charge in [-0.3, -0.25) is 4.90 Å². The third-order valence-corrected chi connectivity index (χ3v) is 4.12. The van der Waals surface area contributed by atoms with Crippen molar-refractivity contribution in [3.63, 3.8) is 0 Å². The normalized spacial score (nSPS) is 27.8. The van der Waals surface area contributed by atoms with Crippen molar-refractivity contribution < 1.29 is 4.74 Å². The van der Waals surface area contributed by atoms with Crippen molar-refractivity contribution in [1.29, 1.82) is 0 Å². The number of hydrogen-bond donors (Lipinski definition) is 0. The second-order valence-corrected chi connectivity index (χ2v) is 6.26. The molecule has 0 N–H and O–H groups in total. The summed E-state index contributed by atoms with van der Waals surface area (Å²) in [6.07, 6.45) is 6.28. The van der Waals surface area contributed by atoms with Crippen LogP contribution in [-0.2, 0) is 4.74 Å². The molecule has 0 saturated carbocycles. The van der Waals surface area contributed by atoms with Crippen LogP contribution in [-0.4, -0.2) is 37.2 Å². The molecule has 0 spiro atoms. The molecule has 2 rings (SSSR count). The zero-order chi connectivity index (χ0) is 11.8. The minimum absolute atomic E-state index is 0.364. The first-order valence-corrected chi connectivity index (χ1v) is 6.47. The minimum Gasteiger partial charge on any atom is -0.378 e. The third-order valence-electron chi connectivity index (χ3n) is 4.12. The van der Waals surface area contributed by atoms with Crippen molar-refractivity contribution in [3.8, 4) is 0 Å². The van der Waals surface area contributed by atoms with Gasteiger partial charge in [-0.15, -0.1) is 0 Å². The van der Waals surface area contributed by atoms with E-state index in [0.717, 1.165) is 19.3 Å². The van der Waals surface area contributed by atoms with Gasteiger partial charge >= 0.3 is 0 Å². The van der Waals surface area contributed by atoms with E-state index in [1.807, 2.05) is 0 Å². The van der Waals surface area contributed by atoms with Crippen molar-refractivity contribution in [3.05, 3.63) is 11.6 Å². The maximum Gasteiger partial charge on any atom is 0.0645 e. The van der Waals surface area contributed by atoms with Crippen LogP contribution in [0.15, 0.2) is 11.6 Å². The Morgan fingerprint density at radius 2 is 1.94 bits per heavy atom. The zero-order valence-electron chi connectivity index (χ0n) is 11.1. The van der Waals surface area contributed by atoms with Gasteiger partial charge in [-0.25, -0.2) is 0 Å². The van der Waals surface area contributed by atoms with Crippen LogP contribution < -0.4 is 0 Å². The molecule has 16 heavy (non-hydrogen) atoms. The van der Waals surface area contributed by atoms with E-state index >= 15 is 0 Å². The van der Waals surface area contributed by atoms with Gasteiger partial charge in [-0.05, 0) is 31.7 Å². The van der Waals surface area contributed by atoms with E-state index in [4.69, 9.17) is 4.74 Å². The van der Waals surface area contributed by atoms with Crippen LogP contribution in [0.4, 0.5) is 0 Å². The molecule has 1 fully saturated rings. The molecule has 1 aliphatic carbocycles. The van der Waals surface area contributed by atoms with Crippen LogP contribution in [0, 0.1) is 5.41 Å². The fraction of sp³-hybridized carbons (Fsp3) is 0.857. The van der Waals surface area contributed by atoms with Crippen molar-refractivity contribution in [2.45, 2.75) is 52.1 Å². The molecule has 1 atom stereocenters. The molecule has 0 aromatic rings. The van der Waals surface area contributed by atoms with Crippen molar-refractivity contribution in [1.82, 2.24) is 4.90 Å². The Balaban J connectivity index is 1.91. The molecule has 1 saturated heterocycles. The summed E-state index contributed by atoms with van der Waals surface area (Å²) in [4.78, 5) is 2.53. The van der Waals surface area contributed by atoms with Gasteiger partial charge < -0.3 is 4.74 Å². The van der Waals surface area contributed by atoms with E-state index < -0.39 is 0 Å². The fourth-order valence-electron chi connectivity index (χ4n) is 2.63. The van der Waals surface area contributed by atoms with E-state index in [9.17, 15) is 0 Å². The molecule has 1 heterocycles. The van der Waals surface area contributed by atoms with Crippen LogP contribution in [0.3, 0.4) is 0 Å². The Hall–Kier alpha value is -0.340. The van der Waals surface area contributed by atoms with E-state index in [0.29, 0.717) is 11.5 Å². The van der Waals surface area contributed by atoms with E-state index in [1.54, 1.807) is 5.57 Å². The predicted molar refractivity (Wildman–Crippen MR) is 67.5 cm³/mol. The van der Waals surface area contributed by atoms with Gasteiger partial charge in [0, 0.05) is 6.04 Å². The molecular formula is C14H25NO. The number of nitrogens with zero attached hydrogens (tertiary/aromatic N) is 1. The summed E-state index contributed by atoms with van der Waals surface area (Å²) in [6.45, 7) is 8.83. The number of allylic oxidation sites excluding steroid dienone is 1. The highest BCUT2D eigenvalue weighted by atomic mass is 16.5. The number of ether oxygens (including phenoxy) is 1. The van der Waals surface area contributed by atoms with Crippen molar-refractivity contribution in [2.24, 2.45) is 5.41 Å². The first-order valence-electron chi connectivity index (χ1n) is 6.47. The molecule has 0 aromatic heterocycles. The molecule has 0 amide bonds. The number of hydrogen-bond acceptors (Lipinski definition) is 2. The number of likely N-dealkylation sites (N-methyl/N-ethyl adjacent to an activating group) is 1. The number of rotatable bonds is 2. The molecule has 92 valence electrons. The SMILES string of the molecule is CN(C1COC1)[C@@H]1CC=C(C(C)(C)C)CC1. The lowest BCUT2D eigenvalue weighted by atomic mass is 9.79. The highest BCUT2D eigenvalue weighted by molar-refractivity contribution is 5.15. The summed E-state index contributed by atoms with van der Waals surface area (Å²) >= 11 is 0. The highest BCUT2D eigenvalue weighted by Crippen LogP contribution is 2.34. The molecule has 2 nitrogen and oxygen atoms in total. The van der Waals surface area contributed by atoms with Gasteiger partial charge in [-0.1, -0.05) is 32.4 Å². The smallest absolute Gasteiger partial charge is 0.0645 e. The van der Waals surface area contributed by atoms with E-state index in [2.05, 4.69) is 38.8 Å². The van der Waals surface area contributed by atoms with Gasteiger partial charge in [0.05, 0.1) is 19.3 Å². The maximum absolute atomic E-state index is 5.27. The van der Waals surface area contributed by atoms with Gasteiger partial charge in [-0.2, -0.15) is 0 Å². The van der Waals surface area contributed by atoms with Crippen LogP contribution >= 0.6 is 0 Å². The Bertz CT molecular complexity index is 273. The highest BCUT2D eigenvalue weighted by Gasteiger charge is 2.30. The Labute approximate surface area is 99.7 Å². The largest absolute Gasteiger partial charge is 0.378 e. The van der Waals surface area contributed by atoms with Crippen molar-refractivity contribution in [2.75, 3.05) is 20.3 Å². The summed E-state index contributed by atoms with van der Waals surface area (Å²) in [5.74, 6) is 0. The summed E-state index contributed by atoms with van der Waals surface area (Å²) in [5.41, 5.74) is 2.00. The van der Waals surface area contributed by atoms with Crippen LogP contribution in [0.1, 0.15) is 40.0 Å². The summed E-state index contributed by atoms with van der Waals surface area (Å²) in [5, 5.41) is 0. The van der Waals surface area contributed by atoms with E-state index in [-0.39, 0.29) is 0 Å². The van der Waals surface area contributed by atoms with Gasteiger partial charge in [0.25, 0.3) is 0 Å². The van der Waals surface area contributed by atoms with Crippen LogP contribution in [0.25, 0.3) is 0 Å². The molecule has 0 bridgehead atoms.